The predicted octanol–water partition coefficient (Wildman–Crippen LogP) is 2.82. The molecule has 0 atom stereocenters. The smallest absolute Gasteiger partial charge is 0.197 e. The van der Waals surface area contributed by atoms with Gasteiger partial charge in [-0.1, -0.05) is 0 Å². The number of aromatic amines is 1. The summed E-state index contributed by atoms with van der Waals surface area (Å²) in [6.07, 6.45) is 1.67. The lowest BCUT2D eigenvalue weighted by Crippen LogP contribution is -1.91. The normalized spacial score (nSPS) is 10.0. The Hall–Kier alpha value is -1.88. The fourth-order valence-electron chi connectivity index (χ4n) is 1.50. The maximum absolute atomic E-state index is 5.21. The van der Waals surface area contributed by atoms with Crippen LogP contribution in [0.2, 0.25) is 0 Å². The molecule has 0 fully saturated rings. The number of H-pyrrole nitrogens is 1. The van der Waals surface area contributed by atoms with Gasteiger partial charge in [0, 0.05) is 23.5 Å². The van der Waals surface area contributed by atoms with Crippen molar-refractivity contribution in [3.63, 3.8) is 0 Å². The molecule has 0 aliphatic rings. The van der Waals surface area contributed by atoms with E-state index in [0.717, 1.165) is 22.8 Å². The summed E-state index contributed by atoms with van der Waals surface area (Å²) in [6.45, 7) is 0. The number of hydrogen-bond acceptors (Lipinski definition) is 4. The molecule has 1 heterocycles. The Balaban J connectivity index is 2.54. The van der Waals surface area contributed by atoms with Crippen molar-refractivity contribution in [2.45, 2.75) is 0 Å². The SMILES string of the molecule is COc1cc(OC)cc(-c2ccnc(=S)[nH]2)c1. The fourth-order valence-corrected chi connectivity index (χ4v) is 1.67. The van der Waals surface area contributed by atoms with E-state index >= 15 is 0 Å². The highest BCUT2D eigenvalue weighted by Crippen LogP contribution is 2.28. The van der Waals surface area contributed by atoms with Gasteiger partial charge in [-0.05, 0) is 30.4 Å². The van der Waals surface area contributed by atoms with Crippen molar-refractivity contribution >= 4 is 12.2 Å². The van der Waals surface area contributed by atoms with Crippen molar-refractivity contribution in [3.8, 4) is 22.8 Å². The van der Waals surface area contributed by atoms with Crippen molar-refractivity contribution in [3.05, 3.63) is 35.2 Å². The molecule has 17 heavy (non-hydrogen) atoms. The lowest BCUT2D eigenvalue weighted by molar-refractivity contribution is 0.394. The third kappa shape index (κ3) is 2.62. The van der Waals surface area contributed by atoms with Crippen molar-refractivity contribution in [1.29, 1.82) is 0 Å². The summed E-state index contributed by atoms with van der Waals surface area (Å²) in [6, 6.07) is 7.48. The van der Waals surface area contributed by atoms with Gasteiger partial charge in [0.2, 0.25) is 0 Å². The number of ether oxygens (including phenoxy) is 2. The second-order valence-electron chi connectivity index (χ2n) is 3.39. The van der Waals surface area contributed by atoms with Gasteiger partial charge in [0.25, 0.3) is 0 Å². The lowest BCUT2D eigenvalue weighted by atomic mass is 10.1. The van der Waals surface area contributed by atoms with Gasteiger partial charge in [-0.3, -0.25) is 0 Å². The van der Waals surface area contributed by atoms with Crippen molar-refractivity contribution < 1.29 is 9.47 Å². The van der Waals surface area contributed by atoms with Gasteiger partial charge in [-0.15, -0.1) is 0 Å². The van der Waals surface area contributed by atoms with Crippen LogP contribution in [0.25, 0.3) is 11.3 Å². The van der Waals surface area contributed by atoms with Gasteiger partial charge in [-0.2, -0.15) is 0 Å². The molecule has 0 radical (unpaired) electrons. The summed E-state index contributed by atoms with van der Waals surface area (Å²) in [7, 11) is 3.24. The second kappa shape index (κ2) is 4.97. The number of nitrogens with one attached hydrogen (secondary N) is 1. The molecule has 1 aromatic heterocycles. The highest BCUT2D eigenvalue weighted by molar-refractivity contribution is 7.71. The van der Waals surface area contributed by atoms with Crippen LogP contribution in [0, 0.1) is 4.77 Å². The molecule has 1 aromatic carbocycles. The van der Waals surface area contributed by atoms with Crippen LogP contribution in [0.1, 0.15) is 0 Å². The number of aromatic nitrogens is 2. The van der Waals surface area contributed by atoms with E-state index in [-0.39, 0.29) is 0 Å². The van der Waals surface area contributed by atoms with Crippen molar-refractivity contribution in [2.75, 3.05) is 14.2 Å². The Morgan fingerprint density at radius 2 is 1.76 bits per heavy atom. The molecule has 2 aromatic rings. The molecule has 88 valence electrons. The molecule has 0 saturated heterocycles. The zero-order chi connectivity index (χ0) is 12.3. The van der Waals surface area contributed by atoms with Gasteiger partial charge in [-0.25, -0.2) is 4.98 Å². The third-order valence-corrected chi connectivity index (χ3v) is 2.54. The largest absolute Gasteiger partial charge is 0.497 e. The first kappa shape index (κ1) is 11.6. The minimum absolute atomic E-state index is 0.448. The zero-order valence-corrected chi connectivity index (χ0v) is 10.4. The molecule has 1 N–H and O–H groups in total. The molecule has 5 heteroatoms. The van der Waals surface area contributed by atoms with Gasteiger partial charge < -0.3 is 14.5 Å². The first-order valence-electron chi connectivity index (χ1n) is 5.01. The topological polar surface area (TPSA) is 47.1 Å². The van der Waals surface area contributed by atoms with Gasteiger partial charge in [0.15, 0.2) is 4.77 Å². The lowest BCUT2D eigenvalue weighted by Gasteiger charge is -2.08. The van der Waals surface area contributed by atoms with Crippen LogP contribution in [-0.4, -0.2) is 24.2 Å². The first-order valence-corrected chi connectivity index (χ1v) is 5.42. The quantitative estimate of drug-likeness (QED) is 0.848. The molecular weight excluding hydrogens is 236 g/mol. The van der Waals surface area contributed by atoms with Crippen LogP contribution in [0.5, 0.6) is 11.5 Å². The molecule has 0 aliphatic heterocycles. The molecule has 0 saturated carbocycles. The highest BCUT2D eigenvalue weighted by Gasteiger charge is 2.04. The molecular formula is C12H12N2O2S. The monoisotopic (exact) mass is 248 g/mol. The summed E-state index contributed by atoms with van der Waals surface area (Å²) in [4.78, 5) is 6.97. The Bertz CT molecular complexity index is 558. The molecule has 0 bridgehead atoms. The van der Waals surface area contributed by atoms with Crippen LogP contribution in [0.3, 0.4) is 0 Å². The Labute approximate surface area is 104 Å². The van der Waals surface area contributed by atoms with Crippen LogP contribution in [0.15, 0.2) is 30.5 Å². The molecule has 0 spiro atoms. The van der Waals surface area contributed by atoms with Crippen molar-refractivity contribution in [2.24, 2.45) is 0 Å². The van der Waals surface area contributed by atoms with E-state index in [2.05, 4.69) is 9.97 Å². The summed E-state index contributed by atoms with van der Waals surface area (Å²) < 4.78 is 10.9. The van der Waals surface area contributed by atoms with E-state index in [1.54, 1.807) is 20.4 Å². The summed E-state index contributed by atoms with van der Waals surface area (Å²) in [5.74, 6) is 1.46. The number of hydrogen-bond donors (Lipinski definition) is 1. The number of rotatable bonds is 3. The van der Waals surface area contributed by atoms with Crippen LogP contribution in [-0.2, 0) is 0 Å². The first-order chi connectivity index (χ1) is 8.22. The summed E-state index contributed by atoms with van der Waals surface area (Å²) in [5.41, 5.74) is 1.82. The van der Waals surface area contributed by atoms with Crippen LogP contribution >= 0.6 is 12.2 Å². The van der Waals surface area contributed by atoms with E-state index < -0.39 is 0 Å². The average molecular weight is 248 g/mol. The van der Waals surface area contributed by atoms with E-state index in [0.29, 0.717) is 4.77 Å². The minimum atomic E-state index is 0.448. The summed E-state index contributed by atoms with van der Waals surface area (Å²) >= 11 is 4.99. The van der Waals surface area contributed by atoms with E-state index in [1.807, 2.05) is 24.3 Å². The van der Waals surface area contributed by atoms with Crippen molar-refractivity contribution in [1.82, 2.24) is 9.97 Å². The van der Waals surface area contributed by atoms with E-state index in [9.17, 15) is 0 Å². The molecule has 0 aliphatic carbocycles. The van der Waals surface area contributed by atoms with Gasteiger partial charge >= 0.3 is 0 Å². The standard InChI is InChI=1S/C12H12N2O2S/c1-15-9-5-8(6-10(7-9)16-2)11-3-4-13-12(17)14-11/h3-7H,1-2H3,(H,13,14,17). The number of methoxy groups -OCH3 is 2. The molecule has 0 amide bonds. The van der Waals surface area contributed by atoms with E-state index in [4.69, 9.17) is 21.7 Å². The van der Waals surface area contributed by atoms with Crippen LogP contribution < -0.4 is 9.47 Å². The fraction of sp³-hybridized carbons (Fsp3) is 0.167. The van der Waals surface area contributed by atoms with E-state index in [1.165, 1.54) is 0 Å². The predicted molar refractivity (Wildman–Crippen MR) is 68.0 cm³/mol. The van der Waals surface area contributed by atoms with Gasteiger partial charge in [0.05, 0.1) is 14.2 Å². The zero-order valence-electron chi connectivity index (χ0n) is 9.56. The molecule has 2 rings (SSSR count). The second-order valence-corrected chi connectivity index (χ2v) is 3.78. The Morgan fingerprint density at radius 3 is 2.29 bits per heavy atom. The van der Waals surface area contributed by atoms with Crippen LogP contribution in [0.4, 0.5) is 0 Å². The average Bonchev–Trinajstić information content (AvgIpc) is 2.38. The van der Waals surface area contributed by atoms with Gasteiger partial charge in [0.1, 0.15) is 11.5 Å². The maximum Gasteiger partial charge on any atom is 0.197 e. The number of benzene rings is 1. The molecule has 0 unspecified atom stereocenters. The number of nitrogens with zero attached hydrogens (tertiary/aromatic N) is 1. The third-order valence-electron chi connectivity index (χ3n) is 2.34. The minimum Gasteiger partial charge on any atom is -0.497 e. The Kier molecular flexibility index (Phi) is 3.39. The maximum atomic E-state index is 5.21. The Morgan fingerprint density at radius 1 is 1.12 bits per heavy atom. The highest BCUT2D eigenvalue weighted by atomic mass is 32.1. The molecule has 4 nitrogen and oxygen atoms in total. The summed E-state index contributed by atoms with van der Waals surface area (Å²) in [5, 5.41) is 0.